The van der Waals surface area contributed by atoms with E-state index >= 15 is 0 Å². The Morgan fingerprint density at radius 1 is 1.33 bits per heavy atom. The highest BCUT2D eigenvalue weighted by atomic mass is 16.5. The van der Waals surface area contributed by atoms with Crippen LogP contribution in [0.25, 0.3) is 0 Å². The average Bonchev–Trinajstić information content (AvgIpc) is 2.51. The van der Waals surface area contributed by atoms with Crippen LogP contribution in [0.3, 0.4) is 0 Å². The molecule has 1 aromatic carbocycles. The zero-order valence-electron chi connectivity index (χ0n) is 13.1. The van der Waals surface area contributed by atoms with E-state index in [2.05, 4.69) is 17.9 Å². The molecule has 1 saturated heterocycles. The van der Waals surface area contributed by atoms with Crippen molar-refractivity contribution in [2.75, 3.05) is 37.8 Å². The van der Waals surface area contributed by atoms with E-state index in [9.17, 15) is 5.11 Å². The van der Waals surface area contributed by atoms with Crippen LogP contribution in [0.2, 0.25) is 0 Å². The highest BCUT2D eigenvalue weighted by Gasteiger charge is 2.19. The summed E-state index contributed by atoms with van der Waals surface area (Å²) in [5, 5.41) is 9.82. The van der Waals surface area contributed by atoms with Gasteiger partial charge in [0.25, 0.3) is 0 Å². The van der Waals surface area contributed by atoms with E-state index in [0.29, 0.717) is 13.2 Å². The quantitative estimate of drug-likeness (QED) is 0.839. The maximum Gasteiger partial charge on any atom is 0.142 e. The molecule has 0 aliphatic carbocycles. The molecule has 0 radical (unpaired) electrons. The van der Waals surface area contributed by atoms with Gasteiger partial charge in [-0.05, 0) is 37.8 Å². The molecule has 1 heterocycles. The molecule has 118 valence electrons. The summed E-state index contributed by atoms with van der Waals surface area (Å²) in [6.45, 7) is 7.55. The van der Waals surface area contributed by atoms with Crippen molar-refractivity contribution in [2.24, 2.45) is 5.92 Å². The van der Waals surface area contributed by atoms with Crippen molar-refractivity contribution in [3.8, 4) is 5.75 Å². The summed E-state index contributed by atoms with van der Waals surface area (Å²) in [6, 6.07) is 8.09. The van der Waals surface area contributed by atoms with E-state index in [0.717, 1.165) is 30.4 Å². The van der Waals surface area contributed by atoms with Gasteiger partial charge in [-0.3, -0.25) is 0 Å². The molecule has 2 atom stereocenters. The van der Waals surface area contributed by atoms with Crippen molar-refractivity contribution in [3.05, 3.63) is 24.3 Å². The summed E-state index contributed by atoms with van der Waals surface area (Å²) in [7, 11) is 0. The minimum atomic E-state index is -0.585. The van der Waals surface area contributed by atoms with E-state index in [1.807, 2.05) is 25.1 Å². The molecule has 2 unspecified atom stereocenters. The fourth-order valence-electron chi connectivity index (χ4n) is 2.74. The normalized spacial score (nSPS) is 20.3. The van der Waals surface area contributed by atoms with Crippen molar-refractivity contribution >= 4 is 5.69 Å². The molecule has 21 heavy (non-hydrogen) atoms. The Hall–Kier alpha value is -1.26. The van der Waals surface area contributed by atoms with Crippen molar-refractivity contribution in [2.45, 2.75) is 32.8 Å². The summed E-state index contributed by atoms with van der Waals surface area (Å²) in [6.07, 6.45) is 1.94. The van der Waals surface area contributed by atoms with Crippen LogP contribution in [0.5, 0.6) is 5.75 Å². The molecular weight excluding hydrogens is 266 g/mol. The molecule has 0 bridgehead atoms. The van der Waals surface area contributed by atoms with E-state index in [1.165, 1.54) is 12.8 Å². The smallest absolute Gasteiger partial charge is 0.142 e. The number of aliphatic hydroxyl groups excluding tert-OH is 1. The maximum absolute atomic E-state index is 9.82. The number of nitrogens with zero attached hydrogens (tertiary/aromatic N) is 1. The number of hydrogen-bond donors (Lipinski definition) is 1. The lowest BCUT2D eigenvalue weighted by Gasteiger charge is -2.33. The summed E-state index contributed by atoms with van der Waals surface area (Å²) in [4.78, 5) is 2.39. The highest BCUT2D eigenvalue weighted by Crippen LogP contribution is 2.31. The first-order valence-electron chi connectivity index (χ1n) is 7.93. The first-order chi connectivity index (χ1) is 10.2. The molecule has 1 aromatic rings. The first-order valence-corrected chi connectivity index (χ1v) is 7.93. The monoisotopic (exact) mass is 293 g/mol. The van der Waals surface area contributed by atoms with Crippen molar-refractivity contribution in [1.82, 2.24) is 0 Å². The highest BCUT2D eigenvalue weighted by molar-refractivity contribution is 5.58. The van der Waals surface area contributed by atoms with E-state index in [-0.39, 0.29) is 6.61 Å². The molecule has 1 fully saturated rings. The summed E-state index contributed by atoms with van der Waals surface area (Å²) in [5.74, 6) is 1.57. The fraction of sp³-hybridized carbons (Fsp3) is 0.647. The van der Waals surface area contributed by atoms with Crippen molar-refractivity contribution < 1.29 is 14.6 Å². The van der Waals surface area contributed by atoms with Crippen LogP contribution >= 0.6 is 0 Å². The van der Waals surface area contributed by atoms with Gasteiger partial charge in [-0.1, -0.05) is 19.1 Å². The topological polar surface area (TPSA) is 41.9 Å². The van der Waals surface area contributed by atoms with Gasteiger partial charge in [-0.15, -0.1) is 0 Å². The lowest BCUT2D eigenvalue weighted by atomic mass is 9.99. The number of para-hydroxylation sites is 2. The molecule has 2 rings (SSSR count). The van der Waals surface area contributed by atoms with Crippen LogP contribution in [-0.2, 0) is 4.74 Å². The Bertz CT molecular complexity index is 424. The number of anilines is 1. The number of benzene rings is 1. The summed E-state index contributed by atoms with van der Waals surface area (Å²) >= 11 is 0. The minimum Gasteiger partial charge on any atom is -0.489 e. The second-order valence-corrected chi connectivity index (χ2v) is 5.79. The second-order valence-electron chi connectivity index (χ2n) is 5.79. The van der Waals surface area contributed by atoms with Gasteiger partial charge in [-0.25, -0.2) is 0 Å². The SMILES string of the molecule is CCOCC(O)COc1ccccc1N1CCCC(C)C1. The zero-order chi connectivity index (χ0) is 15.1. The van der Waals surface area contributed by atoms with E-state index < -0.39 is 6.10 Å². The Labute approximate surface area is 127 Å². The number of aliphatic hydroxyl groups is 1. The van der Waals surface area contributed by atoms with Gasteiger partial charge >= 0.3 is 0 Å². The molecule has 0 amide bonds. The van der Waals surface area contributed by atoms with Crippen LogP contribution < -0.4 is 9.64 Å². The largest absolute Gasteiger partial charge is 0.489 e. The van der Waals surface area contributed by atoms with Gasteiger partial charge < -0.3 is 19.5 Å². The van der Waals surface area contributed by atoms with Gasteiger partial charge in [0, 0.05) is 19.7 Å². The summed E-state index contributed by atoms with van der Waals surface area (Å²) < 4.78 is 11.0. The Balaban J connectivity index is 1.96. The number of ether oxygens (including phenoxy) is 2. The van der Waals surface area contributed by atoms with Gasteiger partial charge in [0.05, 0.1) is 12.3 Å². The Kier molecular flexibility index (Phi) is 6.33. The molecule has 0 aromatic heterocycles. The lowest BCUT2D eigenvalue weighted by molar-refractivity contribution is 0.0165. The third-order valence-electron chi connectivity index (χ3n) is 3.81. The molecular formula is C17H27NO3. The average molecular weight is 293 g/mol. The van der Waals surface area contributed by atoms with Crippen LogP contribution in [0.4, 0.5) is 5.69 Å². The van der Waals surface area contributed by atoms with E-state index in [1.54, 1.807) is 0 Å². The number of hydrogen-bond acceptors (Lipinski definition) is 4. The number of rotatable bonds is 7. The fourth-order valence-corrected chi connectivity index (χ4v) is 2.74. The van der Waals surface area contributed by atoms with Crippen molar-refractivity contribution in [1.29, 1.82) is 0 Å². The van der Waals surface area contributed by atoms with Crippen LogP contribution in [0, 0.1) is 5.92 Å². The Morgan fingerprint density at radius 3 is 2.90 bits per heavy atom. The summed E-state index contributed by atoms with van der Waals surface area (Å²) in [5.41, 5.74) is 1.13. The number of piperidine rings is 1. The first kappa shape index (κ1) is 16.1. The van der Waals surface area contributed by atoms with Crippen molar-refractivity contribution in [3.63, 3.8) is 0 Å². The second kappa shape index (κ2) is 8.25. The predicted molar refractivity (Wildman–Crippen MR) is 85.0 cm³/mol. The Morgan fingerprint density at radius 2 is 2.14 bits per heavy atom. The zero-order valence-corrected chi connectivity index (χ0v) is 13.1. The van der Waals surface area contributed by atoms with Gasteiger partial charge in [0.1, 0.15) is 18.5 Å². The maximum atomic E-state index is 9.82. The molecule has 1 N–H and O–H groups in total. The van der Waals surface area contributed by atoms with Crippen LogP contribution in [0.15, 0.2) is 24.3 Å². The molecule has 0 saturated carbocycles. The lowest BCUT2D eigenvalue weighted by Crippen LogP contribution is -2.34. The van der Waals surface area contributed by atoms with Gasteiger partial charge in [0.2, 0.25) is 0 Å². The molecule has 4 nitrogen and oxygen atoms in total. The van der Waals surface area contributed by atoms with Crippen LogP contribution in [0.1, 0.15) is 26.7 Å². The molecule has 4 heteroatoms. The van der Waals surface area contributed by atoms with Crippen LogP contribution in [-0.4, -0.2) is 44.1 Å². The van der Waals surface area contributed by atoms with Gasteiger partial charge in [0.15, 0.2) is 0 Å². The third kappa shape index (κ3) is 4.90. The van der Waals surface area contributed by atoms with E-state index in [4.69, 9.17) is 9.47 Å². The molecule has 1 aliphatic heterocycles. The minimum absolute atomic E-state index is 0.264. The molecule has 0 spiro atoms. The molecule has 1 aliphatic rings. The third-order valence-corrected chi connectivity index (χ3v) is 3.81. The standard InChI is InChI=1S/C17H27NO3/c1-3-20-12-15(19)13-21-17-9-5-4-8-16(17)18-10-6-7-14(2)11-18/h4-5,8-9,14-15,19H,3,6-7,10-13H2,1-2H3. The van der Waals surface area contributed by atoms with Gasteiger partial charge in [-0.2, -0.15) is 0 Å². The predicted octanol–water partition coefficient (Wildman–Crippen LogP) is 2.70.